The highest BCUT2D eigenvalue weighted by molar-refractivity contribution is 4.84. The lowest BCUT2D eigenvalue weighted by molar-refractivity contribution is 0.180. The molecule has 0 aromatic heterocycles. The van der Waals surface area contributed by atoms with E-state index in [4.69, 9.17) is 5.73 Å². The first-order valence-electron chi connectivity index (χ1n) is 7.67. The molecule has 1 aliphatic carbocycles. The largest absolute Gasteiger partial charge is 0.330 e. The molecule has 2 heteroatoms. The van der Waals surface area contributed by atoms with Gasteiger partial charge in [0.05, 0.1) is 0 Å². The van der Waals surface area contributed by atoms with Crippen LogP contribution in [0.4, 0.5) is 0 Å². The molecule has 0 aromatic rings. The maximum atomic E-state index is 6.00. The van der Waals surface area contributed by atoms with Gasteiger partial charge in [0.25, 0.3) is 0 Å². The van der Waals surface area contributed by atoms with E-state index in [1.165, 1.54) is 57.9 Å². The second kappa shape index (κ2) is 8.10. The molecule has 0 spiro atoms. The van der Waals surface area contributed by atoms with Crippen LogP contribution >= 0.6 is 0 Å². The summed E-state index contributed by atoms with van der Waals surface area (Å²) in [6, 6.07) is 0. The molecule has 102 valence electrons. The molecule has 1 saturated carbocycles. The Labute approximate surface area is 108 Å². The summed E-state index contributed by atoms with van der Waals surface area (Å²) in [6.45, 7) is 7.82. The van der Waals surface area contributed by atoms with Gasteiger partial charge < -0.3 is 11.1 Å². The molecule has 0 unspecified atom stereocenters. The Kier molecular flexibility index (Phi) is 7.14. The second-order valence-electron chi connectivity index (χ2n) is 5.90. The van der Waals surface area contributed by atoms with Gasteiger partial charge in [0.1, 0.15) is 0 Å². The van der Waals surface area contributed by atoms with Gasteiger partial charge in [0.15, 0.2) is 0 Å². The molecular weight excluding hydrogens is 208 g/mol. The Morgan fingerprint density at radius 2 is 1.76 bits per heavy atom. The minimum absolute atomic E-state index is 0.471. The molecular formula is C15H32N2. The molecule has 0 atom stereocenters. The van der Waals surface area contributed by atoms with Gasteiger partial charge in [-0.2, -0.15) is 0 Å². The van der Waals surface area contributed by atoms with Gasteiger partial charge in [0.2, 0.25) is 0 Å². The number of nitrogens with two attached hydrogens (primary N) is 1. The third-order valence-corrected chi connectivity index (χ3v) is 4.77. The van der Waals surface area contributed by atoms with Crippen LogP contribution in [0, 0.1) is 11.3 Å². The van der Waals surface area contributed by atoms with E-state index in [-0.39, 0.29) is 0 Å². The van der Waals surface area contributed by atoms with Gasteiger partial charge in [-0.15, -0.1) is 0 Å². The molecule has 0 amide bonds. The molecule has 0 radical (unpaired) electrons. The van der Waals surface area contributed by atoms with E-state index in [0.717, 1.165) is 19.0 Å². The van der Waals surface area contributed by atoms with Gasteiger partial charge in [-0.1, -0.05) is 46.0 Å². The van der Waals surface area contributed by atoms with Crippen molar-refractivity contribution in [2.75, 3.05) is 19.6 Å². The summed E-state index contributed by atoms with van der Waals surface area (Å²) in [6.07, 6.45) is 10.8. The Morgan fingerprint density at radius 3 is 2.29 bits per heavy atom. The van der Waals surface area contributed by atoms with Crippen molar-refractivity contribution in [3.63, 3.8) is 0 Å². The summed E-state index contributed by atoms with van der Waals surface area (Å²) in [5.41, 5.74) is 6.48. The molecule has 0 bridgehead atoms. The molecule has 1 aliphatic rings. The zero-order valence-electron chi connectivity index (χ0n) is 11.9. The van der Waals surface area contributed by atoms with Crippen LogP contribution in [0.3, 0.4) is 0 Å². The minimum Gasteiger partial charge on any atom is -0.330 e. The van der Waals surface area contributed by atoms with Crippen LogP contribution in [0.1, 0.15) is 65.2 Å². The lowest BCUT2D eigenvalue weighted by Gasteiger charge is -2.36. The summed E-state index contributed by atoms with van der Waals surface area (Å²) >= 11 is 0. The average molecular weight is 240 g/mol. The molecule has 17 heavy (non-hydrogen) atoms. The van der Waals surface area contributed by atoms with Crippen molar-refractivity contribution >= 4 is 0 Å². The van der Waals surface area contributed by atoms with E-state index >= 15 is 0 Å². The summed E-state index contributed by atoms with van der Waals surface area (Å²) in [7, 11) is 0. The van der Waals surface area contributed by atoms with Gasteiger partial charge in [-0.05, 0) is 50.2 Å². The van der Waals surface area contributed by atoms with E-state index in [1.54, 1.807) is 0 Å². The van der Waals surface area contributed by atoms with Gasteiger partial charge in [-0.25, -0.2) is 0 Å². The van der Waals surface area contributed by atoms with Crippen LogP contribution in [0.2, 0.25) is 0 Å². The Hall–Kier alpha value is -0.0800. The van der Waals surface area contributed by atoms with E-state index in [2.05, 4.69) is 19.2 Å². The standard InChI is InChI=1S/C15H32N2/c1-3-14(4-2)12-17-11-10-15(13-16)8-6-5-7-9-15/h14,17H,3-13,16H2,1-2H3. The number of nitrogens with one attached hydrogen (secondary N) is 1. The molecule has 1 fully saturated rings. The molecule has 0 saturated heterocycles. The second-order valence-corrected chi connectivity index (χ2v) is 5.90. The lowest BCUT2D eigenvalue weighted by atomic mass is 9.72. The monoisotopic (exact) mass is 240 g/mol. The Balaban J connectivity index is 2.19. The SMILES string of the molecule is CCC(CC)CNCCC1(CN)CCCCC1. The fourth-order valence-corrected chi connectivity index (χ4v) is 3.10. The van der Waals surface area contributed by atoms with Crippen LogP contribution < -0.4 is 11.1 Å². The normalized spacial score (nSPS) is 19.8. The lowest BCUT2D eigenvalue weighted by Crippen LogP contribution is -2.36. The summed E-state index contributed by atoms with van der Waals surface area (Å²) < 4.78 is 0. The van der Waals surface area contributed by atoms with E-state index in [1.807, 2.05) is 0 Å². The fourth-order valence-electron chi connectivity index (χ4n) is 3.10. The van der Waals surface area contributed by atoms with Gasteiger partial charge in [-0.3, -0.25) is 0 Å². The highest BCUT2D eigenvalue weighted by atomic mass is 14.9. The number of hydrogen-bond acceptors (Lipinski definition) is 2. The predicted molar refractivity (Wildman–Crippen MR) is 76.1 cm³/mol. The van der Waals surface area contributed by atoms with Crippen molar-refractivity contribution in [1.82, 2.24) is 5.32 Å². The fraction of sp³-hybridized carbons (Fsp3) is 1.00. The molecule has 2 nitrogen and oxygen atoms in total. The first kappa shape index (κ1) is 15.0. The quantitative estimate of drug-likeness (QED) is 0.639. The van der Waals surface area contributed by atoms with Crippen LogP contribution in [-0.2, 0) is 0 Å². The first-order chi connectivity index (χ1) is 8.26. The predicted octanol–water partition coefficient (Wildman–Crippen LogP) is 3.31. The topological polar surface area (TPSA) is 38.0 Å². The number of hydrogen-bond donors (Lipinski definition) is 2. The van der Waals surface area contributed by atoms with Gasteiger partial charge in [0, 0.05) is 0 Å². The zero-order valence-corrected chi connectivity index (χ0v) is 11.9. The molecule has 1 rings (SSSR count). The van der Waals surface area contributed by atoms with Gasteiger partial charge >= 0.3 is 0 Å². The van der Waals surface area contributed by atoms with Crippen molar-refractivity contribution in [2.45, 2.75) is 65.2 Å². The summed E-state index contributed by atoms with van der Waals surface area (Å²) in [4.78, 5) is 0. The van der Waals surface area contributed by atoms with E-state index in [9.17, 15) is 0 Å². The maximum Gasteiger partial charge on any atom is -0.00201 e. The van der Waals surface area contributed by atoms with Crippen molar-refractivity contribution in [3.8, 4) is 0 Å². The van der Waals surface area contributed by atoms with Crippen LogP contribution in [0.15, 0.2) is 0 Å². The smallest absolute Gasteiger partial charge is 0.00201 e. The summed E-state index contributed by atoms with van der Waals surface area (Å²) in [5.74, 6) is 0.857. The van der Waals surface area contributed by atoms with E-state index in [0.29, 0.717) is 5.41 Å². The minimum atomic E-state index is 0.471. The molecule has 0 aromatic carbocycles. The number of rotatable bonds is 8. The average Bonchev–Trinajstić information content (AvgIpc) is 2.40. The van der Waals surface area contributed by atoms with Crippen LogP contribution in [0.25, 0.3) is 0 Å². The Morgan fingerprint density at radius 1 is 1.12 bits per heavy atom. The highest BCUT2D eigenvalue weighted by Crippen LogP contribution is 2.37. The van der Waals surface area contributed by atoms with E-state index < -0.39 is 0 Å². The van der Waals surface area contributed by atoms with Crippen molar-refractivity contribution in [1.29, 1.82) is 0 Å². The van der Waals surface area contributed by atoms with Crippen LogP contribution in [0.5, 0.6) is 0 Å². The molecule has 3 N–H and O–H groups in total. The third-order valence-electron chi connectivity index (χ3n) is 4.77. The van der Waals surface area contributed by atoms with Crippen molar-refractivity contribution < 1.29 is 0 Å². The zero-order chi connectivity index (χ0) is 12.6. The Bertz CT molecular complexity index is 181. The highest BCUT2D eigenvalue weighted by Gasteiger charge is 2.29. The third kappa shape index (κ3) is 4.97. The van der Waals surface area contributed by atoms with Crippen molar-refractivity contribution in [2.24, 2.45) is 17.1 Å². The maximum absolute atomic E-state index is 6.00. The van der Waals surface area contributed by atoms with Crippen LogP contribution in [-0.4, -0.2) is 19.6 Å². The summed E-state index contributed by atoms with van der Waals surface area (Å²) in [5, 5.41) is 3.64. The molecule has 0 aliphatic heterocycles. The van der Waals surface area contributed by atoms with Crippen molar-refractivity contribution in [3.05, 3.63) is 0 Å². The molecule has 0 heterocycles. The first-order valence-corrected chi connectivity index (χ1v) is 7.67.